The third kappa shape index (κ3) is 5.40. The average molecular weight is 413 g/mol. The van der Waals surface area contributed by atoms with Gasteiger partial charge in [0, 0.05) is 11.6 Å². The molecule has 1 aromatic heterocycles. The van der Waals surface area contributed by atoms with Crippen molar-refractivity contribution in [3.05, 3.63) is 42.1 Å². The number of hydrogen-bond acceptors (Lipinski definition) is 4. The lowest BCUT2D eigenvalue weighted by Crippen LogP contribution is -2.47. The third-order valence-electron chi connectivity index (χ3n) is 5.51. The van der Waals surface area contributed by atoms with Crippen LogP contribution in [0.15, 0.2) is 36.5 Å². The van der Waals surface area contributed by atoms with E-state index in [2.05, 4.69) is 15.7 Å². The third-order valence-corrected chi connectivity index (χ3v) is 5.51. The van der Waals surface area contributed by atoms with E-state index in [1.807, 2.05) is 31.5 Å². The predicted octanol–water partition coefficient (Wildman–Crippen LogP) is 4.18. The number of carbonyl (C=O) groups excluding carboxylic acids is 2. The molecule has 0 bridgehead atoms. The Morgan fingerprint density at radius 3 is 2.47 bits per heavy atom. The van der Waals surface area contributed by atoms with Crippen LogP contribution in [-0.2, 0) is 4.79 Å². The summed E-state index contributed by atoms with van der Waals surface area (Å²) >= 11 is 0. The van der Waals surface area contributed by atoms with Gasteiger partial charge in [0.1, 0.15) is 17.6 Å². The molecule has 0 aliphatic heterocycles. The lowest BCUT2D eigenvalue weighted by Gasteiger charge is -2.25. The number of rotatable bonds is 8. The minimum absolute atomic E-state index is 0.0669. The van der Waals surface area contributed by atoms with Gasteiger partial charge in [-0.05, 0) is 49.9 Å². The van der Waals surface area contributed by atoms with Crippen molar-refractivity contribution in [2.75, 3.05) is 11.9 Å². The maximum absolute atomic E-state index is 13.0. The predicted molar refractivity (Wildman–Crippen MR) is 117 cm³/mol. The number of ether oxygens (including phenoxy) is 1. The molecule has 7 heteroatoms. The van der Waals surface area contributed by atoms with Crippen LogP contribution in [0, 0.1) is 5.92 Å². The molecule has 1 aliphatic carbocycles. The fourth-order valence-corrected chi connectivity index (χ4v) is 3.86. The molecule has 3 rings (SSSR count). The summed E-state index contributed by atoms with van der Waals surface area (Å²) < 4.78 is 7.33. The minimum Gasteiger partial charge on any atom is -0.494 e. The van der Waals surface area contributed by atoms with Crippen LogP contribution in [0.4, 0.5) is 5.82 Å². The van der Waals surface area contributed by atoms with E-state index in [4.69, 9.17) is 4.74 Å². The topological polar surface area (TPSA) is 85.2 Å². The zero-order valence-corrected chi connectivity index (χ0v) is 18.1. The largest absolute Gasteiger partial charge is 0.494 e. The van der Waals surface area contributed by atoms with E-state index in [1.54, 1.807) is 30.5 Å². The van der Waals surface area contributed by atoms with Crippen molar-refractivity contribution in [1.82, 2.24) is 15.1 Å². The van der Waals surface area contributed by atoms with Gasteiger partial charge in [0.15, 0.2) is 0 Å². The van der Waals surface area contributed by atoms with Crippen LogP contribution in [0.1, 0.15) is 69.3 Å². The van der Waals surface area contributed by atoms with Gasteiger partial charge in [-0.3, -0.25) is 9.59 Å². The van der Waals surface area contributed by atoms with Crippen molar-refractivity contribution < 1.29 is 14.3 Å². The average Bonchev–Trinajstić information content (AvgIpc) is 3.21. The van der Waals surface area contributed by atoms with Gasteiger partial charge in [0.05, 0.1) is 18.8 Å². The molecule has 2 aromatic rings. The van der Waals surface area contributed by atoms with Crippen molar-refractivity contribution in [2.45, 2.75) is 65.0 Å². The zero-order chi connectivity index (χ0) is 21.5. The highest BCUT2D eigenvalue weighted by Crippen LogP contribution is 2.30. The van der Waals surface area contributed by atoms with E-state index >= 15 is 0 Å². The SMILES string of the molecule is CCOc1ccc(C(=O)NC(C(=O)Nc2ccnn2C2CCCCC2)C(C)C)cc1. The summed E-state index contributed by atoms with van der Waals surface area (Å²) in [5.74, 6) is 0.813. The Morgan fingerprint density at radius 2 is 1.83 bits per heavy atom. The second kappa shape index (κ2) is 10.3. The summed E-state index contributed by atoms with van der Waals surface area (Å²) in [6, 6.07) is 8.40. The molecule has 0 saturated heterocycles. The summed E-state index contributed by atoms with van der Waals surface area (Å²) in [6.07, 6.45) is 7.49. The molecule has 30 heavy (non-hydrogen) atoms. The van der Waals surface area contributed by atoms with Crippen molar-refractivity contribution in [1.29, 1.82) is 0 Å². The Morgan fingerprint density at radius 1 is 1.13 bits per heavy atom. The summed E-state index contributed by atoms with van der Waals surface area (Å²) in [4.78, 5) is 25.7. The monoisotopic (exact) mass is 412 g/mol. The summed E-state index contributed by atoms with van der Waals surface area (Å²) in [6.45, 7) is 6.31. The van der Waals surface area contributed by atoms with Crippen LogP contribution in [0.2, 0.25) is 0 Å². The second-order valence-corrected chi connectivity index (χ2v) is 8.09. The molecule has 1 aliphatic rings. The molecule has 2 N–H and O–H groups in total. The van der Waals surface area contributed by atoms with Crippen LogP contribution in [0.3, 0.4) is 0 Å². The first-order chi connectivity index (χ1) is 14.5. The number of nitrogens with one attached hydrogen (secondary N) is 2. The van der Waals surface area contributed by atoms with Crippen LogP contribution >= 0.6 is 0 Å². The Bertz CT molecular complexity index is 838. The normalized spacial score (nSPS) is 15.6. The van der Waals surface area contributed by atoms with Gasteiger partial charge in [-0.15, -0.1) is 0 Å². The second-order valence-electron chi connectivity index (χ2n) is 8.09. The zero-order valence-electron chi connectivity index (χ0n) is 18.1. The molecule has 0 spiro atoms. The van der Waals surface area contributed by atoms with E-state index in [9.17, 15) is 9.59 Å². The Hall–Kier alpha value is -2.83. The number of aromatic nitrogens is 2. The first-order valence-electron chi connectivity index (χ1n) is 10.9. The fourth-order valence-electron chi connectivity index (χ4n) is 3.86. The number of carbonyl (C=O) groups is 2. The minimum atomic E-state index is -0.654. The first kappa shape index (κ1) is 21.9. The van der Waals surface area contributed by atoms with Gasteiger partial charge in [0.25, 0.3) is 5.91 Å². The quantitative estimate of drug-likeness (QED) is 0.681. The molecule has 1 heterocycles. The van der Waals surface area contributed by atoms with E-state index in [0.29, 0.717) is 29.8 Å². The lowest BCUT2D eigenvalue weighted by molar-refractivity contribution is -0.118. The number of nitrogens with zero attached hydrogens (tertiary/aromatic N) is 2. The molecule has 1 unspecified atom stereocenters. The lowest BCUT2D eigenvalue weighted by atomic mass is 9.96. The van der Waals surface area contributed by atoms with Gasteiger partial charge in [-0.25, -0.2) is 4.68 Å². The summed E-state index contributed by atoms with van der Waals surface area (Å²) in [5, 5.41) is 10.3. The molecule has 1 fully saturated rings. The van der Waals surface area contributed by atoms with E-state index in [0.717, 1.165) is 12.8 Å². The molecule has 7 nitrogen and oxygen atoms in total. The highest BCUT2D eigenvalue weighted by atomic mass is 16.5. The van der Waals surface area contributed by atoms with Gasteiger partial charge in [0.2, 0.25) is 5.91 Å². The number of amides is 2. The standard InChI is InChI=1S/C23H32N4O3/c1-4-30-19-12-10-17(11-13-19)22(28)26-21(16(2)3)23(29)25-20-14-15-24-27(20)18-8-6-5-7-9-18/h10-16,18,21H,4-9H2,1-3H3,(H,25,29)(H,26,28). The van der Waals surface area contributed by atoms with Gasteiger partial charge in [-0.2, -0.15) is 5.10 Å². The molecule has 0 radical (unpaired) electrons. The Labute approximate surface area is 178 Å². The van der Waals surface area contributed by atoms with E-state index in [1.165, 1.54) is 19.3 Å². The number of anilines is 1. The smallest absolute Gasteiger partial charge is 0.251 e. The fraction of sp³-hybridized carbons (Fsp3) is 0.522. The van der Waals surface area contributed by atoms with E-state index < -0.39 is 6.04 Å². The molecular weight excluding hydrogens is 380 g/mol. The molecule has 1 saturated carbocycles. The highest BCUT2D eigenvalue weighted by Gasteiger charge is 2.27. The maximum Gasteiger partial charge on any atom is 0.251 e. The van der Waals surface area contributed by atoms with Crippen LogP contribution < -0.4 is 15.4 Å². The van der Waals surface area contributed by atoms with Gasteiger partial charge in [-0.1, -0.05) is 33.1 Å². The van der Waals surface area contributed by atoms with Gasteiger partial charge >= 0.3 is 0 Å². The molecular formula is C23H32N4O3. The number of benzene rings is 1. The van der Waals surface area contributed by atoms with Gasteiger partial charge < -0.3 is 15.4 Å². The van der Waals surface area contributed by atoms with Crippen LogP contribution in [0.25, 0.3) is 0 Å². The van der Waals surface area contributed by atoms with Crippen molar-refractivity contribution >= 4 is 17.6 Å². The van der Waals surface area contributed by atoms with E-state index in [-0.39, 0.29) is 17.7 Å². The molecule has 162 valence electrons. The first-order valence-corrected chi connectivity index (χ1v) is 10.9. The Balaban J connectivity index is 1.66. The highest BCUT2D eigenvalue weighted by molar-refractivity contribution is 6.01. The summed E-state index contributed by atoms with van der Waals surface area (Å²) in [7, 11) is 0. The van der Waals surface area contributed by atoms with Crippen molar-refractivity contribution in [3.63, 3.8) is 0 Å². The molecule has 2 amide bonds. The molecule has 1 aromatic carbocycles. The van der Waals surface area contributed by atoms with Crippen molar-refractivity contribution in [2.24, 2.45) is 5.92 Å². The van der Waals surface area contributed by atoms with Crippen molar-refractivity contribution in [3.8, 4) is 5.75 Å². The summed E-state index contributed by atoms with van der Waals surface area (Å²) in [5.41, 5.74) is 0.490. The van der Waals surface area contributed by atoms with Crippen LogP contribution in [-0.4, -0.2) is 34.2 Å². The maximum atomic E-state index is 13.0. The number of hydrogen-bond donors (Lipinski definition) is 2. The Kier molecular flexibility index (Phi) is 7.49. The van der Waals surface area contributed by atoms with Crippen LogP contribution in [0.5, 0.6) is 5.75 Å². The molecule has 1 atom stereocenters.